The predicted octanol–water partition coefficient (Wildman–Crippen LogP) is 0.725. The molecule has 0 unspecified atom stereocenters. The van der Waals surface area contributed by atoms with E-state index in [2.05, 4.69) is 9.36 Å². The standard InChI is InChI=1S/C2H2IN3S/c3-1-5-2(4)7-6-1/h(H2,4,5,6). The Morgan fingerprint density at radius 1 is 1.71 bits per heavy atom. The lowest BCUT2D eigenvalue weighted by Gasteiger charge is -1.67. The maximum atomic E-state index is 5.22. The van der Waals surface area contributed by atoms with Crippen LogP contribution in [0.1, 0.15) is 0 Å². The summed E-state index contributed by atoms with van der Waals surface area (Å²) in [6.07, 6.45) is 0. The van der Waals surface area contributed by atoms with Crippen LogP contribution >= 0.6 is 34.1 Å². The number of nitrogens with zero attached hydrogens (tertiary/aromatic N) is 2. The highest BCUT2D eigenvalue weighted by Crippen LogP contribution is 2.06. The van der Waals surface area contributed by atoms with Gasteiger partial charge in [-0.1, -0.05) is 0 Å². The molecule has 3 nitrogen and oxygen atoms in total. The van der Waals surface area contributed by atoms with Crippen molar-refractivity contribution in [3.63, 3.8) is 0 Å². The van der Waals surface area contributed by atoms with Gasteiger partial charge in [-0.05, 0) is 0 Å². The highest BCUT2D eigenvalue weighted by molar-refractivity contribution is 14.1. The molecule has 0 aliphatic carbocycles. The summed E-state index contributed by atoms with van der Waals surface area (Å²) in [6, 6.07) is 0. The topological polar surface area (TPSA) is 51.8 Å². The van der Waals surface area contributed by atoms with Gasteiger partial charge in [0.05, 0.1) is 0 Å². The fraction of sp³-hybridized carbons (Fsp3) is 0. The molecule has 0 radical (unpaired) electrons. The first kappa shape index (κ1) is 5.23. The van der Waals surface area contributed by atoms with Gasteiger partial charge in [-0.15, -0.1) is 0 Å². The van der Waals surface area contributed by atoms with Crippen LogP contribution in [0.5, 0.6) is 0 Å². The molecule has 0 aliphatic rings. The molecule has 0 spiro atoms. The molecule has 1 heterocycles. The number of hydrogen-bond acceptors (Lipinski definition) is 4. The third-order valence-corrected chi connectivity index (χ3v) is 1.77. The summed E-state index contributed by atoms with van der Waals surface area (Å²) < 4.78 is 4.53. The average molecular weight is 227 g/mol. The molecule has 0 fully saturated rings. The predicted molar refractivity (Wildman–Crippen MR) is 37.0 cm³/mol. The third kappa shape index (κ3) is 1.23. The number of rotatable bonds is 0. The zero-order valence-electron chi connectivity index (χ0n) is 3.26. The number of halogens is 1. The van der Waals surface area contributed by atoms with Gasteiger partial charge in [-0.3, -0.25) is 0 Å². The van der Waals surface area contributed by atoms with Crippen LogP contribution in [0, 0.1) is 3.83 Å². The normalized spacial score (nSPS) is 9.29. The molecule has 7 heavy (non-hydrogen) atoms. The fourth-order valence-corrected chi connectivity index (χ4v) is 1.27. The van der Waals surface area contributed by atoms with Crippen molar-refractivity contribution in [1.82, 2.24) is 9.36 Å². The van der Waals surface area contributed by atoms with Gasteiger partial charge < -0.3 is 5.73 Å². The van der Waals surface area contributed by atoms with E-state index in [-0.39, 0.29) is 0 Å². The maximum Gasteiger partial charge on any atom is 0.205 e. The quantitative estimate of drug-likeness (QED) is 0.664. The Balaban J connectivity index is 3.04. The van der Waals surface area contributed by atoms with E-state index < -0.39 is 0 Å². The Morgan fingerprint density at radius 2 is 2.43 bits per heavy atom. The van der Waals surface area contributed by atoms with Gasteiger partial charge in [-0.2, -0.15) is 9.36 Å². The molecule has 0 saturated heterocycles. The van der Waals surface area contributed by atoms with Gasteiger partial charge in [0.15, 0.2) is 0 Å². The monoisotopic (exact) mass is 227 g/mol. The van der Waals surface area contributed by atoms with Crippen LogP contribution < -0.4 is 5.73 Å². The highest BCUT2D eigenvalue weighted by atomic mass is 127. The van der Waals surface area contributed by atoms with E-state index in [0.717, 1.165) is 3.83 Å². The Morgan fingerprint density at radius 3 is 2.57 bits per heavy atom. The molecule has 0 aliphatic heterocycles. The minimum Gasteiger partial charge on any atom is -0.374 e. The summed E-state index contributed by atoms with van der Waals surface area (Å²) in [5.41, 5.74) is 5.22. The van der Waals surface area contributed by atoms with Gasteiger partial charge in [0.25, 0.3) is 0 Å². The Bertz CT molecular complexity index is 145. The molecule has 1 rings (SSSR count). The fourth-order valence-electron chi connectivity index (χ4n) is 0.216. The van der Waals surface area contributed by atoms with E-state index in [9.17, 15) is 0 Å². The first-order valence-electron chi connectivity index (χ1n) is 1.54. The minimum absolute atomic E-state index is 0.532. The van der Waals surface area contributed by atoms with E-state index >= 15 is 0 Å². The average Bonchev–Trinajstić information content (AvgIpc) is 1.87. The van der Waals surface area contributed by atoms with Crippen LogP contribution in [0.15, 0.2) is 0 Å². The van der Waals surface area contributed by atoms with Crippen LogP contribution in [-0.2, 0) is 0 Å². The van der Waals surface area contributed by atoms with Crippen molar-refractivity contribution in [1.29, 1.82) is 0 Å². The van der Waals surface area contributed by atoms with Gasteiger partial charge in [-0.25, -0.2) is 0 Å². The van der Waals surface area contributed by atoms with Crippen molar-refractivity contribution >= 4 is 39.3 Å². The summed E-state index contributed by atoms with van der Waals surface area (Å²) in [7, 11) is 0. The number of aromatic nitrogens is 2. The number of nitrogen functional groups attached to an aromatic ring is 1. The largest absolute Gasteiger partial charge is 0.374 e. The van der Waals surface area contributed by atoms with Crippen LogP contribution in [0.2, 0.25) is 0 Å². The number of nitrogens with two attached hydrogens (primary N) is 1. The summed E-state index contributed by atoms with van der Waals surface area (Å²) in [5, 5.41) is 0.532. The van der Waals surface area contributed by atoms with E-state index in [0.29, 0.717) is 5.13 Å². The zero-order chi connectivity index (χ0) is 5.28. The first-order chi connectivity index (χ1) is 3.29. The Labute approximate surface area is 58.3 Å². The SMILES string of the molecule is Nc1nc(I)ns1. The van der Waals surface area contributed by atoms with Crippen LogP contribution in [-0.4, -0.2) is 9.36 Å². The van der Waals surface area contributed by atoms with Crippen LogP contribution in [0.25, 0.3) is 0 Å². The van der Waals surface area contributed by atoms with Crippen molar-refractivity contribution < 1.29 is 0 Å². The van der Waals surface area contributed by atoms with Crippen LogP contribution in [0.3, 0.4) is 0 Å². The molecular formula is C2H2IN3S. The Hall–Kier alpha value is 0.0900. The third-order valence-electron chi connectivity index (χ3n) is 0.417. The minimum atomic E-state index is 0.532. The molecule has 0 amide bonds. The summed E-state index contributed by atoms with van der Waals surface area (Å²) in [4.78, 5) is 3.78. The highest BCUT2D eigenvalue weighted by Gasteiger charge is 1.90. The van der Waals surface area contributed by atoms with Crippen LogP contribution in [0.4, 0.5) is 5.13 Å². The van der Waals surface area contributed by atoms with Crippen molar-refractivity contribution in [2.75, 3.05) is 5.73 Å². The van der Waals surface area contributed by atoms with E-state index in [4.69, 9.17) is 5.73 Å². The second-order valence-corrected chi connectivity index (χ2v) is 2.65. The molecule has 0 atom stereocenters. The molecule has 2 N–H and O–H groups in total. The van der Waals surface area contributed by atoms with Crippen molar-refractivity contribution in [2.45, 2.75) is 0 Å². The first-order valence-corrected chi connectivity index (χ1v) is 3.39. The van der Waals surface area contributed by atoms with E-state index in [1.165, 1.54) is 11.5 Å². The maximum absolute atomic E-state index is 5.22. The molecule has 0 bridgehead atoms. The van der Waals surface area contributed by atoms with Crippen molar-refractivity contribution in [3.8, 4) is 0 Å². The van der Waals surface area contributed by atoms with Crippen molar-refractivity contribution in [2.24, 2.45) is 0 Å². The van der Waals surface area contributed by atoms with Gasteiger partial charge in [0, 0.05) is 34.1 Å². The van der Waals surface area contributed by atoms with Gasteiger partial charge in [0.1, 0.15) is 0 Å². The second kappa shape index (κ2) is 1.91. The lowest BCUT2D eigenvalue weighted by molar-refractivity contribution is 1.26. The molecule has 0 saturated carbocycles. The second-order valence-electron chi connectivity index (χ2n) is 0.902. The van der Waals surface area contributed by atoms with Gasteiger partial charge in [0.2, 0.25) is 8.96 Å². The Kier molecular flexibility index (Phi) is 1.43. The molecule has 1 aromatic rings. The lowest BCUT2D eigenvalue weighted by Crippen LogP contribution is -1.80. The zero-order valence-corrected chi connectivity index (χ0v) is 6.23. The molecule has 38 valence electrons. The van der Waals surface area contributed by atoms with Gasteiger partial charge >= 0.3 is 0 Å². The summed E-state index contributed by atoms with van der Waals surface area (Å²) >= 11 is 3.22. The smallest absolute Gasteiger partial charge is 0.205 e. The molecule has 1 aromatic heterocycles. The lowest BCUT2D eigenvalue weighted by atomic mass is 11.2. The molecule has 0 aromatic carbocycles. The summed E-state index contributed by atoms with van der Waals surface area (Å²) in [5.74, 6) is 0. The summed E-state index contributed by atoms with van der Waals surface area (Å²) in [6.45, 7) is 0. The van der Waals surface area contributed by atoms with E-state index in [1.54, 1.807) is 0 Å². The number of anilines is 1. The van der Waals surface area contributed by atoms with Crippen molar-refractivity contribution in [3.05, 3.63) is 3.83 Å². The molecular weight excluding hydrogens is 225 g/mol. The molecule has 5 heteroatoms. The van der Waals surface area contributed by atoms with E-state index in [1.807, 2.05) is 22.6 Å². The number of hydrogen-bond donors (Lipinski definition) is 1.